The van der Waals surface area contributed by atoms with E-state index >= 15 is 0 Å². The molecule has 0 radical (unpaired) electrons. The van der Waals surface area contributed by atoms with Gasteiger partial charge in [-0.3, -0.25) is 0 Å². The fraction of sp³-hybridized carbons (Fsp3) is 0.538. The van der Waals surface area contributed by atoms with E-state index in [9.17, 15) is 13.9 Å². The molecule has 0 aliphatic rings. The lowest BCUT2D eigenvalue weighted by molar-refractivity contribution is -0.0916. The molecule has 96 valence electrons. The maximum Gasteiger partial charge on any atom is 0.129 e. The van der Waals surface area contributed by atoms with Crippen LogP contribution in [0.1, 0.15) is 25.8 Å². The van der Waals surface area contributed by atoms with Gasteiger partial charge in [0.25, 0.3) is 0 Å². The molecule has 2 atom stereocenters. The standard InChI is InChI=1S/C13H18F2O2/c1-4-13(2,17-3)12(16)7-9-5-6-10(14)8-11(9)15/h5-6,8,12,16H,4,7H2,1-3H3. The van der Waals surface area contributed by atoms with Crippen LogP contribution in [-0.2, 0) is 11.2 Å². The first-order chi connectivity index (χ1) is 7.92. The van der Waals surface area contributed by atoms with Gasteiger partial charge in [0.2, 0.25) is 0 Å². The van der Waals surface area contributed by atoms with Crippen LogP contribution in [0.25, 0.3) is 0 Å². The molecule has 2 nitrogen and oxygen atoms in total. The molecule has 0 bridgehead atoms. The number of aliphatic hydroxyl groups is 1. The average Bonchev–Trinajstić information content (AvgIpc) is 2.31. The smallest absolute Gasteiger partial charge is 0.129 e. The van der Waals surface area contributed by atoms with Crippen LogP contribution in [0.15, 0.2) is 18.2 Å². The summed E-state index contributed by atoms with van der Waals surface area (Å²) in [6.07, 6.45) is -0.130. The second kappa shape index (κ2) is 5.56. The first kappa shape index (κ1) is 14.1. The van der Waals surface area contributed by atoms with E-state index in [0.29, 0.717) is 6.42 Å². The zero-order valence-corrected chi connectivity index (χ0v) is 10.3. The Labute approximate surface area is 100 Å². The molecule has 1 aromatic carbocycles. The van der Waals surface area contributed by atoms with Crippen LogP contribution >= 0.6 is 0 Å². The first-order valence-electron chi connectivity index (χ1n) is 5.60. The number of benzene rings is 1. The molecule has 2 unspecified atom stereocenters. The summed E-state index contributed by atoms with van der Waals surface area (Å²) in [6, 6.07) is 3.35. The Kier molecular flexibility index (Phi) is 4.60. The molecule has 0 heterocycles. The minimum atomic E-state index is -0.836. The zero-order chi connectivity index (χ0) is 13.1. The molecule has 0 fully saturated rings. The van der Waals surface area contributed by atoms with Crippen molar-refractivity contribution in [3.8, 4) is 0 Å². The average molecular weight is 244 g/mol. The highest BCUT2D eigenvalue weighted by atomic mass is 19.1. The minimum Gasteiger partial charge on any atom is -0.390 e. The zero-order valence-electron chi connectivity index (χ0n) is 10.3. The SMILES string of the molecule is CCC(C)(OC)C(O)Cc1ccc(F)cc1F. The molecular formula is C13H18F2O2. The summed E-state index contributed by atoms with van der Waals surface area (Å²) in [7, 11) is 1.51. The van der Waals surface area contributed by atoms with E-state index in [1.165, 1.54) is 19.2 Å². The highest BCUT2D eigenvalue weighted by Gasteiger charge is 2.31. The summed E-state index contributed by atoms with van der Waals surface area (Å²) in [6.45, 7) is 3.65. The third-order valence-corrected chi connectivity index (χ3v) is 3.30. The van der Waals surface area contributed by atoms with Crippen LogP contribution in [0, 0.1) is 11.6 Å². The van der Waals surface area contributed by atoms with E-state index in [0.717, 1.165) is 6.07 Å². The fourth-order valence-corrected chi connectivity index (χ4v) is 1.63. The van der Waals surface area contributed by atoms with Gasteiger partial charge in [-0.1, -0.05) is 13.0 Å². The number of ether oxygens (including phenoxy) is 1. The van der Waals surface area contributed by atoms with Gasteiger partial charge in [-0.2, -0.15) is 0 Å². The second-order valence-corrected chi connectivity index (χ2v) is 4.33. The van der Waals surface area contributed by atoms with Gasteiger partial charge in [-0.25, -0.2) is 8.78 Å². The van der Waals surface area contributed by atoms with Gasteiger partial charge < -0.3 is 9.84 Å². The Bertz CT molecular complexity index is 376. The molecule has 0 spiro atoms. The summed E-state index contributed by atoms with van der Waals surface area (Å²) in [5.74, 6) is -1.26. The van der Waals surface area contributed by atoms with Crippen LogP contribution in [0.2, 0.25) is 0 Å². The summed E-state index contributed by atoms with van der Waals surface area (Å²) in [5, 5.41) is 10.0. The van der Waals surface area contributed by atoms with E-state index < -0.39 is 23.3 Å². The minimum absolute atomic E-state index is 0.101. The van der Waals surface area contributed by atoms with E-state index in [1.54, 1.807) is 6.92 Å². The third kappa shape index (κ3) is 3.23. The number of methoxy groups -OCH3 is 1. The van der Waals surface area contributed by atoms with Crippen molar-refractivity contribution in [2.45, 2.75) is 38.4 Å². The molecule has 4 heteroatoms. The Balaban J connectivity index is 2.84. The second-order valence-electron chi connectivity index (χ2n) is 4.33. The van der Waals surface area contributed by atoms with Crippen molar-refractivity contribution in [3.05, 3.63) is 35.4 Å². The van der Waals surface area contributed by atoms with Crippen molar-refractivity contribution in [2.75, 3.05) is 7.11 Å². The third-order valence-electron chi connectivity index (χ3n) is 3.30. The molecule has 0 aliphatic heterocycles. The highest BCUT2D eigenvalue weighted by Crippen LogP contribution is 2.23. The predicted octanol–water partition coefficient (Wildman–Crippen LogP) is 2.68. The lowest BCUT2D eigenvalue weighted by Gasteiger charge is -2.32. The van der Waals surface area contributed by atoms with Crippen molar-refractivity contribution in [2.24, 2.45) is 0 Å². The van der Waals surface area contributed by atoms with Crippen LogP contribution in [0.5, 0.6) is 0 Å². The van der Waals surface area contributed by atoms with Gasteiger partial charge in [0.1, 0.15) is 11.6 Å². The Morgan fingerprint density at radius 3 is 2.53 bits per heavy atom. The van der Waals surface area contributed by atoms with Crippen LogP contribution < -0.4 is 0 Å². The van der Waals surface area contributed by atoms with Crippen molar-refractivity contribution < 1.29 is 18.6 Å². The molecule has 1 N–H and O–H groups in total. The van der Waals surface area contributed by atoms with Gasteiger partial charge in [0.05, 0.1) is 11.7 Å². The summed E-state index contributed by atoms with van der Waals surface area (Å²) < 4.78 is 31.4. The van der Waals surface area contributed by atoms with Crippen molar-refractivity contribution in [3.63, 3.8) is 0 Å². The van der Waals surface area contributed by atoms with E-state index in [1.807, 2.05) is 6.92 Å². The van der Waals surface area contributed by atoms with Gasteiger partial charge in [-0.05, 0) is 25.0 Å². The van der Waals surface area contributed by atoms with Crippen molar-refractivity contribution in [1.29, 1.82) is 0 Å². The summed E-state index contributed by atoms with van der Waals surface area (Å²) in [4.78, 5) is 0. The molecular weight excluding hydrogens is 226 g/mol. The number of hydrogen-bond acceptors (Lipinski definition) is 2. The van der Waals surface area contributed by atoms with Gasteiger partial charge >= 0.3 is 0 Å². The molecule has 1 aromatic rings. The normalized spacial score (nSPS) is 16.6. The van der Waals surface area contributed by atoms with Crippen LogP contribution in [-0.4, -0.2) is 23.9 Å². The molecule has 0 aliphatic carbocycles. The number of aliphatic hydroxyl groups excluding tert-OH is 1. The highest BCUT2D eigenvalue weighted by molar-refractivity contribution is 5.20. The van der Waals surface area contributed by atoms with Crippen LogP contribution in [0.4, 0.5) is 8.78 Å². The molecule has 1 rings (SSSR count). The summed E-state index contributed by atoms with van der Waals surface area (Å²) >= 11 is 0. The Morgan fingerprint density at radius 2 is 2.06 bits per heavy atom. The maximum atomic E-state index is 13.4. The predicted molar refractivity (Wildman–Crippen MR) is 61.8 cm³/mol. The van der Waals surface area contributed by atoms with E-state index in [-0.39, 0.29) is 12.0 Å². The Morgan fingerprint density at radius 1 is 1.41 bits per heavy atom. The first-order valence-corrected chi connectivity index (χ1v) is 5.60. The topological polar surface area (TPSA) is 29.5 Å². The monoisotopic (exact) mass is 244 g/mol. The van der Waals surface area contributed by atoms with Gasteiger partial charge in [0, 0.05) is 19.6 Å². The number of rotatable bonds is 5. The Hall–Kier alpha value is -1.00. The van der Waals surface area contributed by atoms with Crippen molar-refractivity contribution in [1.82, 2.24) is 0 Å². The molecule has 17 heavy (non-hydrogen) atoms. The maximum absolute atomic E-state index is 13.4. The van der Waals surface area contributed by atoms with Crippen LogP contribution in [0.3, 0.4) is 0 Å². The number of halogens is 2. The lowest BCUT2D eigenvalue weighted by Crippen LogP contribution is -2.42. The summed E-state index contributed by atoms with van der Waals surface area (Å²) in [5.41, 5.74) is -0.434. The van der Waals surface area contributed by atoms with E-state index in [4.69, 9.17) is 4.74 Å². The number of hydrogen-bond donors (Lipinski definition) is 1. The molecule has 0 saturated heterocycles. The molecule has 0 saturated carbocycles. The molecule has 0 aromatic heterocycles. The van der Waals surface area contributed by atoms with Crippen molar-refractivity contribution >= 4 is 0 Å². The van der Waals surface area contributed by atoms with E-state index in [2.05, 4.69) is 0 Å². The van der Waals surface area contributed by atoms with Gasteiger partial charge in [0.15, 0.2) is 0 Å². The van der Waals surface area contributed by atoms with Gasteiger partial charge in [-0.15, -0.1) is 0 Å². The molecule has 0 amide bonds. The quantitative estimate of drug-likeness (QED) is 0.863. The fourth-order valence-electron chi connectivity index (χ4n) is 1.63. The lowest BCUT2D eigenvalue weighted by atomic mass is 9.90. The largest absolute Gasteiger partial charge is 0.390 e.